The van der Waals surface area contributed by atoms with E-state index in [1.54, 1.807) is 24.3 Å². The molecule has 0 heterocycles. The van der Waals surface area contributed by atoms with Crippen molar-refractivity contribution in [3.63, 3.8) is 0 Å². The molecule has 0 saturated heterocycles. The van der Waals surface area contributed by atoms with Crippen molar-refractivity contribution in [3.8, 4) is 0 Å². The number of sulfonamides is 1. The second-order valence-electron chi connectivity index (χ2n) is 5.64. The molecular weight excluding hydrogens is 332 g/mol. The molecule has 5 N–H and O–H groups in total. The highest BCUT2D eigenvalue weighted by Gasteiger charge is 2.16. The van der Waals surface area contributed by atoms with E-state index in [2.05, 4.69) is 15.4 Å². The molecule has 1 aromatic rings. The molecule has 2 rings (SSSR count). The largest absolute Gasteiger partial charge is 0.360 e. The lowest BCUT2D eigenvalue weighted by molar-refractivity contribution is 0.579. The van der Waals surface area contributed by atoms with Gasteiger partial charge in [-0.25, -0.2) is 13.1 Å². The van der Waals surface area contributed by atoms with E-state index in [4.69, 9.17) is 18.0 Å². The van der Waals surface area contributed by atoms with Crippen LogP contribution >= 0.6 is 12.2 Å². The zero-order chi connectivity index (χ0) is 16.7. The third kappa shape index (κ3) is 5.72. The summed E-state index contributed by atoms with van der Waals surface area (Å²) in [4.78, 5) is 0.231. The highest BCUT2D eigenvalue weighted by molar-refractivity contribution is 7.89. The Labute approximate surface area is 143 Å². The lowest BCUT2D eigenvalue weighted by atomic mass is 10.2. The van der Waals surface area contributed by atoms with Gasteiger partial charge in [0.1, 0.15) is 0 Å². The molecule has 1 saturated carbocycles. The first-order valence-corrected chi connectivity index (χ1v) is 9.78. The summed E-state index contributed by atoms with van der Waals surface area (Å²) in [5, 5.41) is 6.95. The monoisotopic (exact) mass is 356 g/mol. The molecule has 0 aliphatic heterocycles. The van der Waals surface area contributed by atoms with Crippen LogP contribution in [0.2, 0.25) is 0 Å². The van der Waals surface area contributed by atoms with Crippen molar-refractivity contribution >= 4 is 33.0 Å². The standard InChI is InChI=1S/C15H24N4O2S2/c16-10-3-11-17-23(20,21)14-8-6-13(7-9-14)19-15(22)18-12-4-1-2-5-12/h6-9,12,17H,1-5,10-11,16H2,(H2,18,19,22). The van der Waals surface area contributed by atoms with Crippen LogP contribution in [-0.2, 0) is 10.0 Å². The average molecular weight is 357 g/mol. The first kappa shape index (κ1) is 18.1. The van der Waals surface area contributed by atoms with E-state index in [0.29, 0.717) is 30.7 Å². The summed E-state index contributed by atoms with van der Waals surface area (Å²) in [6.45, 7) is 0.797. The number of thiocarbonyl (C=S) groups is 1. The van der Waals surface area contributed by atoms with Crippen LogP contribution in [0, 0.1) is 0 Å². The topological polar surface area (TPSA) is 96.2 Å². The van der Waals surface area contributed by atoms with E-state index < -0.39 is 10.0 Å². The summed E-state index contributed by atoms with van der Waals surface area (Å²) in [5.74, 6) is 0. The van der Waals surface area contributed by atoms with Gasteiger partial charge in [0.15, 0.2) is 5.11 Å². The Kier molecular flexibility index (Phi) is 6.76. The number of hydrogen-bond donors (Lipinski definition) is 4. The zero-order valence-electron chi connectivity index (χ0n) is 13.0. The Hall–Kier alpha value is -1.22. The van der Waals surface area contributed by atoms with Crippen LogP contribution in [-0.4, -0.2) is 32.7 Å². The number of nitrogens with two attached hydrogens (primary N) is 1. The lowest BCUT2D eigenvalue weighted by Crippen LogP contribution is -2.35. The van der Waals surface area contributed by atoms with Gasteiger partial charge < -0.3 is 16.4 Å². The van der Waals surface area contributed by atoms with Crippen LogP contribution in [0.25, 0.3) is 0 Å². The molecule has 0 atom stereocenters. The van der Waals surface area contributed by atoms with Gasteiger partial charge in [0, 0.05) is 18.3 Å². The summed E-state index contributed by atoms with van der Waals surface area (Å²) in [5.41, 5.74) is 6.13. The minimum absolute atomic E-state index is 0.231. The Morgan fingerprint density at radius 1 is 1.22 bits per heavy atom. The van der Waals surface area contributed by atoms with Gasteiger partial charge in [-0.1, -0.05) is 12.8 Å². The summed E-state index contributed by atoms with van der Waals surface area (Å²) < 4.78 is 26.6. The van der Waals surface area contributed by atoms with E-state index in [1.807, 2.05) is 0 Å². The highest BCUT2D eigenvalue weighted by Crippen LogP contribution is 2.18. The zero-order valence-corrected chi connectivity index (χ0v) is 14.7. The van der Waals surface area contributed by atoms with Crippen LogP contribution in [0.1, 0.15) is 32.1 Å². The Morgan fingerprint density at radius 2 is 1.87 bits per heavy atom. The van der Waals surface area contributed by atoms with E-state index in [-0.39, 0.29) is 4.90 Å². The number of anilines is 1. The van der Waals surface area contributed by atoms with Crippen LogP contribution in [0.3, 0.4) is 0 Å². The molecule has 1 fully saturated rings. The van der Waals surface area contributed by atoms with Crippen LogP contribution in [0.15, 0.2) is 29.2 Å². The van der Waals surface area contributed by atoms with Gasteiger partial charge in [-0.3, -0.25) is 0 Å². The van der Waals surface area contributed by atoms with Crippen molar-refractivity contribution in [1.29, 1.82) is 0 Å². The molecule has 6 nitrogen and oxygen atoms in total. The third-order valence-electron chi connectivity index (χ3n) is 3.79. The second kappa shape index (κ2) is 8.58. The molecule has 0 aromatic heterocycles. The highest BCUT2D eigenvalue weighted by atomic mass is 32.2. The van der Waals surface area contributed by atoms with Crippen molar-refractivity contribution in [2.24, 2.45) is 5.73 Å². The Bertz CT molecular complexity index is 611. The number of nitrogens with one attached hydrogen (secondary N) is 3. The molecule has 0 amide bonds. The van der Waals surface area contributed by atoms with Gasteiger partial charge in [-0.05, 0) is 62.3 Å². The maximum atomic E-state index is 12.1. The van der Waals surface area contributed by atoms with E-state index in [1.165, 1.54) is 12.8 Å². The van der Waals surface area contributed by atoms with E-state index in [9.17, 15) is 8.42 Å². The minimum Gasteiger partial charge on any atom is -0.360 e. The molecule has 1 aromatic carbocycles. The van der Waals surface area contributed by atoms with Crippen molar-refractivity contribution in [1.82, 2.24) is 10.0 Å². The first-order valence-electron chi connectivity index (χ1n) is 7.88. The number of benzene rings is 1. The fourth-order valence-corrected chi connectivity index (χ4v) is 3.89. The minimum atomic E-state index is -3.48. The van der Waals surface area contributed by atoms with Crippen LogP contribution in [0.5, 0.6) is 0 Å². The molecule has 0 radical (unpaired) electrons. The van der Waals surface area contributed by atoms with Crippen molar-refractivity contribution in [2.75, 3.05) is 18.4 Å². The van der Waals surface area contributed by atoms with Crippen molar-refractivity contribution < 1.29 is 8.42 Å². The summed E-state index contributed by atoms with van der Waals surface area (Å²) in [6, 6.07) is 6.98. The molecule has 23 heavy (non-hydrogen) atoms. The molecular formula is C15H24N4O2S2. The van der Waals surface area contributed by atoms with Gasteiger partial charge in [0.05, 0.1) is 4.90 Å². The molecule has 1 aliphatic carbocycles. The van der Waals surface area contributed by atoms with Gasteiger partial charge in [0.25, 0.3) is 0 Å². The van der Waals surface area contributed by atoms with Crippen molar-refractivity contribution in [3.05, 3.63) is 24.3 Å². The fourth-order valence-electron chi connectivity index (χ4n) is 2.53. The molecule has 0 bridgehead atoms. The number of rotatable bonds is 7. The second-order valence-corrected chi connectivity index (χ2v) is 7.82. The molecule has 1 aliphatic rings. The molecule has 0 spiro atoms. The SMILES string of the molecule is NCCCNS(=O)(=O)c1ccc(NC(=S)NC2CCCC2)cc1. The van der Waals surface area contributed by atoms with Gasteiger partial charge in [0.2, 0.25) is 10.0 Å². The van der Waals surface area contributed by atoms with Gasteiger partial charge in [-0.15, -0.1) is 0 Å². The molecule has 128 valence electrons. The van der Waals surface area contributed by atoms with Crippen LogP contribution in [0.4, 0.5) is 5.69 Å². The molecule has 8 heteroatoms. The third-order valence-corrected chi connectivity index (χ3v) is 5.48. The quantitative estimate of drug-likeness (QED) is 0.437. The van der Waals surface area contributed by atoms with Crippen LogP contribution < -0.4 is 21.1 Å². The van der Waals surface area contributed by atoms with E-state index in [0.717, 1.165) is 18.5 Å². The maximum Gasteiger partial charge on any atom is 0.240 e. The number of hydrogen-bond acceptors (Lipinski definition) is 4. The average Bonchev–Trinajstić information content (AvgIpc) is 3.00. The fraction of sp³-hybridized carbons (Fsp3) is 0.533. The Morgan fingerprint density at radius 3 is 2.48 bits per heavy atom. The predicted molar refractivity (Wildman–Crippen MR) is 96.9 cm³/mol. The van der Waals surface area contributed by atoms with Crippen molar-refractivity contribution in [2.45, 2.75) is 43.0 Å². The summed E-state index contributed by atoms with van der Waals surface area (Å²) in [7, 11) is -3.48. The normalized spacial score (nSPS) is 15.5. The summed E-state index contributed by atoms with van der Waals surface area (Å²) >= 11 is 5.28. The van der Waals surface area contributed by atoms with E-state index >= 15 is 0 Å². The van der Waals surface area contributed by atoms with Gasteiger partial charge >= 0.3 is 0 Å². The summed E-state index contributed by atoms with van der Waals surface area (Å²) in [6.07, 6.45) is 5.38. The maximum absolute atomic E-state index is 12.1. The Balaban J connectivity index is 1.89. The molecule has 0 unspecified atom stereocenters. The van der Waals surface area contributed by atoms with Gasteiger partial charge in [-0.2, -0.15) is 0 Å². The first-order chi connectivity index (χ1) is 11.0. The lowest BCUT2D eigenvalue weighted by Gasteiger charge is -2.16. The predicted octanol–water partition coefficient (Wildman–Crippen LogP) is 1.54. The smallest absolute Gasteiger partial charge is 0.240 e.